The summed E-state index contributed by atoms with van der Waals surface area (Å²) in [6.07, 6.45) is 13.4. The normalized spacial score (nSPS) is 14.1. The molecule has 42 heavy (non-hydrogen) atoms. The molecule has 0 saturated heterocycles. The molecule has 1 aliphatic rings. The average molecular weight is 540 g/mol. The molecule has 7 rings (SSSR count). The van der Waals surface area contributed by atoms with Gasteiger partial charge in [-0.25, -0.2) is 0 Å². The molecule has 200 valence electrons. The molecule has 0 spiro atoms. The third-order valence-corrected chi connectivity index (χ3v) is 7.67. The van der Waals surface area contributed by atoms with Gasteiger partial charge in [-0.2, -0.15) is 0 Å². The molecule has 0 unspecified atom stereocenters. The van der Waals surface area contributed by atoms with Gasteiger partial charge >= 0.3 is 0 Å². The van der Waals surface area contributed by atoms with Gasteiger partial charge in [-0.3, -0.25) is 15.0 Å². The zero-order chi connectivity index (χ0) is 28.1. The zero-order valence-corrected chi connectivity index (χ0v) is 23.1. The Morgan fingerprint density at radius 1 is 0.476 bits per heavy atom. The lowest BCUT2D eigenvalue weighted by Crippen LogP contribution is -2.02. The molecule has 0 bridgehead atoms. The predicted octanol–water partition coefficient (Wildman–Crippen LogP) is 9.81. The Morgan fingerprint density at radius 3 is 1.83 bits per heavy atom. The van der Waals surface area contributed by atoms with E-state index >= 15 is 0 Å². The topological polar surface area (TPSA) is 38.7 Å². The third-order valence-electron chi connectivity index (χ3n) is 7.67. The number of aromatic nitrogens is 3. The number of pyridine rings is 3. The Balaban J connectivity index is 1.37. The molecule has 1 atom stereocenters. The summed E-state index contributed by atoms with van der Waals surface area (Å²) < 4.78 is 0. The van der Waals surface area contributed by atoms with Crippen molar-refractivity contribution in [3.63, 3.8) is 0 Å². The second kappa shape index (κ2) is 11.6. The Labute approximate surface area is 246 Å². The molecular weight excluding hydrogens is 510 g/mol. The molecule has 3 heteroatoms. The highest BCUT2D eigenvalue weighted by atomic mass is 14.7. The number of hydrogen-bond donors (Lipinski definition) is 0. The van der Waals surface area contributed by atoms with Crippen LogP contribution in [0.3, 0.4) is 0 Å². The van der Waals surface area contributed by atoms with E-state index in [1.165, 1.54) is 0 Å². The summed E-state index contributed by atoms with van der Waals surface area (Å²) in [5, 5.41) is 0. The van der Waals surface area contributed by atoms with E-state index in [0.717, 1.165) is 68.1 Å². The summed E-state index contributed by atoms with van der Waals surface area (Å²) in [5.74, 6) is 0.239. The van der Waals surface area contributed by atoms with Gasteiger partial charge in [-0.15, -0.1) is 0 Å². The number of nitrogens with zero attached hydrogens (tertiary/aromatic N) is 3. The summed E-state index contributed by atoms with van der Waals surface area (Å²) in [6.45, 7) is 0. The minimum absolute atomic E-state index is 0.239. The molecule has 0 N–H and O–H groups in total. The lowest BCUT2D eigenvalue weighted by Gasteiger charge is -2.17. The first-order valence-electron chi connectivity index (χ1n) is 14.3. The zero-order valence-electron chi connectivity index (χ0n) is 23.1. The first-order chi connectivity index (χ1) is 20.8. The van der Waals surface area contributed by atoms with Crippen LogP contribution < -0.4 is 0 Å². The van der Waals surface area contributed by atoms with Crippen molar-refractivity contribution in [2.75, 3.05) is 0 Å². The van der Waals surface area contributed by atoms with Crippen molar-refractivity contribution in [3.8, 4) is 56.0 Å². The van der Waals surface area contributed by atoms with E-state index < -0.39 is 0 Å². The van der Waals surface area contributed by atoms with Crippen molar-refractivity contribution in [1.29, 1.82) is 0 Å². The van der Waals surface area contributed by atoms with E-state index in [4.69, 9.17) is 9.97 Å². The van der Waals surface area contributed by atoms with E-state index in [1.807, 2.05) is 36.7 Å². The fourth-order valence-electron chi connectivity index (χ4n) is 5.45. The van der Waals surface area contributed by atoms with Gasteiger partial charge in [-0.1, -0.05) is 97.1 Å². The Bertz CT molecular complexity index is 1870. The molecule has 1 aliphatic carbocycles. The molecular formula is C39H29N3. The maximum absolute atomic E-state index is 5.14. The highest BCUT2D eigenvalue weighted by Crippen LogP contribution is 2.36. The van der Waals surface area contributed by atoms with E-state index in [-0.39, 0.29) is 5.92 Å². The maximum atomic E-state index is 5.14. The number of allylic oxidation sites excluding steroid dienone is 4. The van der Waals surface area contributed by atoms with Crippen LogP contribution in [-0.2, 0) is 0 Å². The van der Waals surface area contributed by atoms with Crippen LogP contribution in [0.4, 0.5) is 0 Å². The summed E-state index contributed by atoms with van der Waals surface area (Å²) in [4.78, 5) is 14.7. The van der Waals surface area contributed by atoms with Crippen molar-refractivity contribution < 1.29 is 0 Å². The van der Waals surface area contributed by atoms with Crippen LogP contribution >= 0.6 is 0 Å². The first kappa shape index (κ1) is 25.6. The molecule has 0 amide bonds. The number of rotatable bonds is 6. The van der Waals surface area contributed by atoms with E-state index in [0.29, 0.717) is 0 Å². The smallest absolute Gasteiger partial charge is 0.0711 e. The Kier molecular flexibility index (Phi) is 7.06. The van der Waals surface area contributed by atoms with Crippen molar-refractivity contribution in [3.05, 3.63) is 164 Å². The molecule has 3 nitrogen and oxygen atoms in total. The van der Waals surface area contributed by atoms with Crippen molar-refractivity contribution in [2.24, 2.45) is 0 Å². The van der Waals surface area contributed by atoms with Crippen LogP contribution in [0.25, 0.3) is 56.0 Å². The predicted molar refractivity (Wildman–Crippen MR) is 173 cm³/mol. The lowest BCUT2D eigenvalue weighted by atomic mass is 9.91. The summed E-state index contributed by atoms with van der Waals surface area (Å²) in [7, 11) is 0. The quantitative estimate of drug-likeness (QED) is 0.211. The van der Waals surface area contributed by atoms with Crippen molar-refractivity contribution >= 4 is 0 Å². The second-order valence-corrected chi connectivity index (χ2v) is 10.5. The fraction of sp³-hybridized carbons (Fsp3) is 0.0513. The third kappa shape index (κ3) is 5.45. The van der Waals surface area contributed by atoms with Crippen LogP contribution in [0.5, 0.6) is 0 Å². The second-order valence-electron chi connectivity index (χ2n) is 10.5. The van der Waals surface area contributed by atoms with Crippen LogP contribution in [-0.4, -0.2) is 15.0 Å². The standard InChI is InChI=1S/C39H29N3/c1-4-12-28(13-5-1)31-19-20-37(41-27-31)35-23-32(22-34(24-35)36-18-10-11-21-40-36)33-25-38(29-14-6-2-7-15-29)42-39(26-33)30-16-8-3-9-17-30/h1-16,18-27,30H,17H2/t30-/m0/s1. The highest BCUT2D eigenvalue weighted by Gasteiger charge is 2.16. The minimum Gasteiger partial charge on any atom is -0.256 e. The first-order valence-corrected chi connectivity index (χ1v) is 14.3. The number of benzene rings is 3. The molecule has 3 heterocycles. The van der Waals surface area contributed by atoms with Crippen LogP contribution in [0, 0.1) is 0 Å². The van der Waals surface area contributed by atoms with E-state index in [2.05, 4.69) is 126 Å². The molecule has 0 fully saturated rings. The fourth-order valence-corrected chi connectivity index (χ4v) is 5.45. The summed E-state index contributed by atoms with van der Waals surface area (Å²) >= 11 is 0. The van der Waals surface area contributed by atoms with Gasteiger partial charge in [0.15, 0.2) is 0 Å². The summed E-state index contributed by atoms with van der Waals surface area (Å²) in [6, 6.07) is 42.2. The molecule has 3 aromatic carbocycles. The van der Waals surface area contributed by atoms with E-state index in [9.17, 15) is 0 Å². The molecule has 0 radical (unpaired) electrons. The highest BCUT2D eigenvalue weighted by molar-refractivity contribution is 5.81. The largest absolute Gasteiger partial charge is 0.256 e. The van der Waals surface area contributed by atoms with Gasteiger partial charge < -0.3 is 0 Å². The molecule has 0 aliphatic heterocycles. The molecule has 0 saturated carbocycles. The number of hydrogen-bond acceptors (Lipinski definition) is 3. The maximum Gasteiger partial charge on any atom is 0.0711 e. The lowest BCUT2D eigenvalue weighted by molar-refractivity contribution is 0.818. The van der Waals surface area contributed by atoms with Gasteiger partial charge in [0.2, 0.25) is 0 Å². The van der Waals surface area contributed by atoms with Crippen LogP contribution in [0.1, 0.15) is 18.0 Å². The Morgan fingerprint density at radius 2 is 1.17 bits per heavy atom. The van der Waals surface area contributed by atoms with Crippen molar-refractivity contribution in [2.45, 2.75) is 12.3 Å². The van der Waals surface area contributed by atoms with Gasteiger partial charge in [0.25, 0.3) is 0 Å². The monoisotopic (exact) mass is 539 g/mol. The average Bonchev–Trinajstić information content (AvgIpc) is 3.09. The summed E-state index contributed by atoms with van der Waals surface area (Å²) in [5.41, 5.74) is 11.6. The van der Waals surface area contributed by atoms with Crippen LogP contribution in [0.15, 0.2) is 158 Å². The van der Waals surface area contributed by atoms with Gasteiger partial charge in [0.1, 0.15) is 0 Å². The van der Waals surface area contributed by atoms with Crippen molar-refractivity contribution in [1.82, 2.24) is 15.0 Å². The van der Waals surface area contributed by atoms with Gasteiger partial charge in [0, 0.05) is 46.3 Å². The van der Waals surface area contributed by atoms with Gasteiger partial charge in [0.05, 0.1) is 17.1 Å². The van der Waals surface area contributed by atoms with E-state index in [1.54, 1.807) is 0 Å². The Hall–Kier alpha value is -5.41. The molecule has 6 aromatic rings. The van der Waals surface area contributed by atoms with Gasteiger partial charge in [-0.05, 0) is 71.6 Å². The molecule has 3 aromatic heterocycles. The van der Waals surface area contributed by atoms with Crippen LogP contribution in [0.2, 0.25) is 0 Å². The SMILES string of the molecule is C1=CC[C@@H](c2cc(-c3cc(-c4ccccn4)cc(-c4ccc(-c5ccccc5)cn4)c3)cc(-c3ccccc3)n2)C=C1. The minimum atomic E-state index is 0.239.